The average molecular weight is 309 g/mol. The zero-order chi connectivity index (χ0) is 15.9. The number of rotatable bonds is 3. The predicted molar refractivity (Wildman–Crippen MR) is 70.7 cm³/mol. The molecule has 1 aromatic heterocycles. The second-order valence-electron chi connectivity index (χ2n) is 5.02. The van der Waals surface area contributed by atoms with E-state index in [1.54, 1.807) is 0 Å². The van der Waals surface area contributed by atoms with Gasteiger partial charge in [-0.05, 0) is 36.1 Å². The molecule has 0 radical (unpaired) electrons. The Hall–Kier alpha value is -2.64. The molecule has 1 aliphatic rings. The predicted octanol–water partition coefficient (Wildman–Crippen LogP) is 1.93. The van der Waals surface area contributed by atoms with Gasteiger partial charge in [-0.15, -0.1) is 0 Å². The molecule has 8 heteroatoms. The zero-order valence-corrected chi connectivity index (χ0v) is 11.1. The van der Waals surface area contributed by atoms with Crippen molar-refractivity contribution in [1.29, 1.82) is 0 Å². The van der Waals surface area contributed by atoms with Crippen LogP contribution in [0.2, 0.25) is 0 Å². The Balaban J connectivity index is 1.74. The normalized spacial score (nSPS) is 19.8. The number of aromatic nitrogens is 2. The zero-order valence-electron chi connectivity index (χ0n) is 11.1. The third kappa shape index (κ3) is 2.72. The first kappa shape index (κ1) is 14.3. The fourth-order valence-electron chi connectivity index (χ4n) is 2.31. The van der Waals surface area contributed by atoms with Gasteiger partial charge in [0.15, 0.2) is 11.6 Å². The van der Waals surface area contributed by atoms with Gasteiger partial charge in [-0.1, -0.05) is 0 Å². The second kappa shape index (κ2) is 5.28. The summed E-state index contributed by atoms with van der Waals surface area (Å²) in [5.74, 6) is -4.11. The van der Waals surface area contributed by atoms with Crippen molar-refractivity contribution in [2.24, 2.45) is 5.92 Å². The summed E-state index contributed by atoms with van der Waals surface area (Å²) in [6.45, 7) is 0. The molecule has 5 nitrogen and oxygen atoms in total. The van der Waals surface area contributed by atoms with Gasteiger partial charge in [0, 0.05) is 5.92 Å². The number of hydrogen-bond acceptors (Lipinski definition) is 3. The maximum atomic E-state index is 13.6. The fourth-order valence-corrected chi connectivity index (χ4v) is 2.31. The maximum Gasteiger partial charge on any atom is 0.346 e. The van der Waals surface area contributed by atoms with Gasteiger partial charge in [0.25, 0.3) is 0 Å². The minimum Gasteiger partial charge on any atom is -0.309 e. The molecule has 0 bridgehead atoms. The van der Waals surface area contributed by atoms with Crippen LogP contribution >= 0.6 is 0 Å². The molecule has 1 heterocycles. The van der Waals surface area contributed by atoms with Crippen molar-refractivity contribution in [2.75, 3.05) is 5.32 Å². The molecule has 3 rings (SSSR count). The highest BCUT2D eigenvalue weighted by atomic mass is 19.1. The molecule has 1 aliphatic carbocycles. The number of nitrogens with one attached hydrogen (secondary N) is 2. The summed E-state index contributed by atoms with van der Waals surface area (Å²) in [5.41, 5.74) is -0.691. The first-order chi connectivity index (χ1) is 10.5. The molecule has 2 N–H and O–H groups in total. The van der Waals surface area contributed by atoms with Gasteiger partial charge in [0.05, 0.1) is 6.20 Å². The Morgan fingerprint density at radius 3 is 2.82 bits per heavy atom. The lowest BCUT2D eigenvalue weighted by atomic mass is 10.1. The van der Waals surface area contributed by atoms with Gasteiger partial charge in [0.2, 0.25) is 5.91 Å². The minimum absolute atomic E-state index is 0.115. The van der Waals surface area contributed by atoms with Crippen LogP contribution < -0.4 is 11.0 Å². The number of aromatic amines is 1. The van der Waals surface area contributed by atoms with Crippen LogP contribution in [0.1, 0.15) is 17.9 Å². The Morgan fingerprint density at radius 1 is 1.27 bits per heavy atom. The first-order valence-corrected chi connectivity index (χ1v) is 6.46. The second-order valence-corrected chi connectivity index (χ2v) is 5.02. The Kier molecular flexibility index (Phi) is 3.44. The van der Waals surface area contributed by atoms with Crippen LogP contribution in [0, 0.1) is 23.4 Å². The van der Waals surface area contributed by atoms with Crippen molar-refractivity contribution < 1.29 is 18.0 Å². The number of carbonyl (C=O) groups is 1. The highest BCUT2D eigenvalue weighted by Gasteiger charge is 2.45. The molecule has 2 atom stereocenters. The Labute approximate surface area is 122 Å². The van der Waals surface area contributed by atoms with Gasteiger partial charge >= 0.3 is 5.69 Å². The van der Waals surface area contributed by atoms with E-state index in [-0.39, 0.29) is 5.56 Å². The van der Waals surface area contributed by atoms with Gasteiger partial charge in [-0.3, -0.25) is 9.78 Å². The number of nitrogens with zero attached hydrogens (tertiary/aromatic N) is 1. The van der Waals surface area contributed by atoms with Crippen LogP contribution in [0.3, 0.4) is 0 Å². The molecule has 1 saturated carbocycles. The monoisotopic (exact) mass is 309 g/mol. The summed E-state index contributed by atoms with van der Waals surface area (Å²) in [6, 6.07) is 3.04. The van der Waals surface area contributed by atoms with Crippen molar-refractivity contribution in [1.82, 2.24) is 9.97 Å². The average Bonchev–Trinajstić information content (AvgIpc) is 3.26. The number of H-pyrrole nitrogens is 1. The number of hydrogen-bond donors (Lipinski definition) is 2. The molecule has 2 aromatic rings. The third-order valence-corrected chi connectivity index (χ3v) is 3.50. The summed E-state index contributed by atoms with van der Waals surface area (Å²) in [6.07, 6.45) is 1.01. The molecule has 1 amide bonds. The third-order valence-electron chi connectivity index (χ3n) is 3.50. The van der Waals surface area contributed by atoms with Gasteiger partial charge in [-0.25, -0.2) is 18.0 Å². The van der Waals surface area contributed by atoms with E-state index in [0.717, 1.165) is 18.2 Å². The molecular weight excluding hydrogens is 299 g/mol. The summed E-state index contributed by atoms with van der Waals surface area (Å²) in [5, 5.41) is 2.22. The topological polar surface area (TPSA) is 74.8 Å². The summed E-state index contributed by atoms with van der Waals surface area (Å²) in [4.78, 5) is 28.2. The SMILES string of the molecule is O=C(Nc1[nH]c(=O)ncc1F)[C@H]1C[C@@H]1c1cc(F)ccc1F. The molecule has 22 heavy (non-hydrogen) atoms. The Morgan fingerprint density at radius 2 is 2.05 bits per heavy atom. The van der Waals surface area contributed by atoms with Gasteiger partial charge < -0.3 is 5.32 Å². The van der Waals surface area contributed by atoms with Crippen LogP contribution in [0.4, 0.5) is 19.0 Å². The maximum absolute atomic E-state index is 13.6. The summed E-state index contributed by atoms with van der Waals surface area (Å²) in [7, 11) is 0. The fraction of sp³-hybridized carbons (Fsp3) is 0.214. The lowest BCUT2D eigenvalue weighted by Gasteiger charge is -2.06. The molecule has 1 fully saturated rings. The number of amides is 1. The van der Waals surface area contributed by atoms with Crippen LogP contribution in [0.5, 0.6) is 0 Å². The van der Waals surface area contributed by atoms with Crippen molar-refractivity contribution >= 4 is 11.7 Å². The van der Waals surface area contributed by atoms with E-state index in [0.29, 0.717) is 12.6 Å². The van der Waals surface area contributed by atoms with E-state index in [4.69, 9.17) is 0 Å². The lowest BCUT2D eigenvalue weighted by molar-refractivity contribution is -0.117. The first-order valence-electron chi connectivity index (χ1n) is 6.46. The number of anilines is 1. The molecule has 114 valence electrons. The molecular formula is C14H10F3N3O2. The molecule has 1 aromatic carbocycles. The summed E-state index contributed by atoms with van der Waals surface area (Å²) < 4.78 is 40.2. The summed E-state index contributed by atoms with van der Waals surface area (Å²) >= 11 is 0. The molecule has 0 unspecified atom stereocenters. The van der Waals surface area contributed by atoms with Crippen LogP contribution in [-0.2, 0) is 4.79 Å². The molecule has 0 saturated heterocycles. The van der Waals surface area contributed by atoms with Gasteiger partial charge in [0.1, 0.15) is 11.6 Å². The van der Waals surface area contributed by atoms with Crippen molar-refractivity contribution in [2.45, 2.75) is 12.3 Å². The van der Waals surface area contributed by atoms with Crippen LogP contribution in [0.25, 0.3) is 0 Å². The minimum atomic E-state index is -0.887. The lowest BCUT2D eigenvalue weighted by Crippen LogP contribution is -2.21. The smallest absolute Gasteiger partial charge is 0.309 e. The molecule has 0 aliphatic heterocycles. The van der Waals surface area contributed by atoms with E-state index in [9.17, 15) is 22.8 Å². The van der Waals surface area contributed by atoms with Crippen molar-refractivity contribution in [3.63, 3.8) is 0 Å². The quantitative estimate of drug-likeness (QED) is 0.909. The van der Waals surface area contributed by atoms with Crippen LogP contribution in [0.15, 0.2) is 29.2 Å². The molecule has 0 spiro atoms. The Bertz CT molecular complexity index is 806. The van der Waals surface area contributed by atoms with E-state index in [2.05, 4.69) is 15.3 Å². The van der Waals surface area contributed by atoms with Gasteiger partial charge in [-0.2, -0.15) is 4.98 Å². The van der Waals surface area contributed by atoms with E-state index < -0.39 is 46.7 Å². The van der Waals surface area contributed by atoms with E-state index in [1.165, 1.54) is 0 Å². The number of halogens is 3. The number of benzene rings is 1. The van der Waals surface area contributed by atoms with Crippen molar-refractivity contribution in [3.8, 4) is 0 Å². The van der Waals surface area contributed by atoms with E-state index >= 15 is 0 Å². The standard InChI is InChI=1S/C14H10F3N3O2/c15-6-1-2-10(16)8(3-6)7-4-9(7)13(21)19-12-11(17)5-18-14(22)20-12/h1-3,5,7,9H,4H2,(H2,18,19,20,21,22)/t7-,9+/m1/s1. The number of carbonyl (C=O) groups excluding carboxylic acids is 1. The highest BCUT2D eigenvalue weighted by molar-refractivity contribution is 5.94. The highest BCUT2D eigenvalue weighted by Crippen LogP contribution is 2.48. The van der Waals surface area contributed by atoms with Crippen molar-refractivity contribution in [3.05, 3.63) is 57.9 Å². The van der Waals surface area contributed by atoms with E-state index in [1.807, 2.05) is 0 Å². The van der Waals surface area contributed by atoms with Crippen LogP contribution in [-0.4, -0.2) is 15.9 Å². The largest absolute Gasteiger partial charge is 0.346 e.